The summed E-state index contributed by atoms with van der Waals surface area (Å²) < 4.78 is 1.23. The van der Waals surface area contributed by atoms with Gasteiger partial charge >= 0.3 is 0 Å². The van der Waals surface area contributed by atoms with Gasteiger partial charge in [0.15, 0.2) is 0 Å². The Morgan fingerprint density at radius 1 is 0.950 bits per heavy atom. The average molecular weight is 280 g/mol. The second kappa shape index (κ2) is 5.47. The van der Waals surface area contributed by atoms with Crippen molar-refractivity contribution in [2.75, 3.05) is 19.0 Å². The van der Waals surface area contributed by atoms with Crippen molar-refractivity contribution in [3.05, 3.63) is 59.1 Å². The van der Waals surface area contributed by atoms with Crippen LogP contribution in [0, 0.1) is 0 Å². The molecule has 0 aliphatic carbocycles. The Morgan fingerprint density at radius 3 is 2.50 bits per heavy atom. The quantitative estimate of drug-likeness (QED) is 0.700. The van der Waals surface area contributed by atoms with Gasteiger partial charge in [-0.25, -0.2) is 4.98 Å². The third kappa shape index (κ3) is 2.58. The molecule has 1 heterocycles. The Bertz CT molecular complexity index is 742. The first kappa shape index (κ1) is 12.9. The molecule has 3 aromatic rings. The monoisotopic (exact) mass is 280 g/mol. The number of anilines is 1. The van der Waals surface area contributed by atoms with E-state index in [2.05, 4.69) is 47.4 Å². The van der Waals surface area contributed by atoms with Gasteiger partial charge in [-0.2, -0.15) is 0 Å². The van der Waals surface area contributed by atoms with E-state index < -0.39 is 0 Å². The second-order valence-corrected chi connectivity index (χ2v) is 5.88. The highest BCUT2D eigenvalue weighted by Crippen LogP contribution is 2.30. The lowest BCUT2D eigenvalue weighted by atomic mass is 10.2. The fourth-order valence-corrected chi connectivity index (χ4v) is 3.01. The molecule has 0 unspecified atom stereocenters. The van der Waals surface area contributed by atoms with Crippen LogP contribution in [0.25, 0.3) is 22.4 Å². The highest BCUT2D eigenvalue weighted by atomic mass is 32.1. The van der Waals surface area contributed by atoms with Gasteiger partial charge in [0.05, 0.1) is 10.4 Å². The summed E-state index contributed by atoms with van der Waals surface area (Å²) >= 11 is 1.72. The van der Waals surface area contributed by atoms with E-state index in [1.54, 1.807) is 11.3 Å². The third-order valence-electron chi connectivity index (χ3n) is 3.11. The number of thiazole rings is 1. The largest absolute Gasteiger partial charge is 0.376 e. The summed E-state index contributed by atoms with van der Waals surface area (Å²) in [5, 5.41) is 1.04. The van der Waals surface area contributed by atoms with Crippen LogP contribution < -0.4 is 4.90 Å². The van der Waals surface area contributed by atoms with Gasteiger partial charge in [-0.3, -0.25) is 0 Å². The molecule has 3 heteroatoms. The van der Waals surface area contributed by atoms with Gasteiger partial charge in [-0.05, 0) is 23.8 Å². The number of nitrogens with zero attached hydrogens (tertiary/aromatic N) is 2. The highest BCUT2D eigenvalue weighted by Gasteiger charge is 2.07. The van der Waals surface area contributed by atoms with Crippen molar-refractivity contribution in [2.24, 2.45) is 0 Å². The molecule has 0 fully saturated rings. The summed E-state index contributed by atoms with van der Waals surface area (Å²) in [6.07, 6.45) is 4.19. The fourth-order valence-electron chi connectivity index (χ4n) is 2.11. The van der Waals surface area contributed by atoms with Gasteiger partial charge in [-0.1, -0.05) is 42.5 Å². The molecule has 0 aliphatic rings. The van der Waals surface area contributed by atoms with Crippen LogP contribution in [0.1, 0.15) is 10.6 Å². The van der Waals surface area contributed by atoms with Gasteiger partial charge in [0.2, 0.25) is 0 Å². The Balaban J connectivity index is 1.98. The highest BCUT2D eigenvalue weighted by molar-refractivity contribution is 7.19. The Kier molecular flexibility index (Phi) is 3.52. The Labute approximate surface area is 123 Å². The third-order valence-corrected chi connectivity index (χ3v) is 4.10. The summed E-state index contributed by atoms with van der Waals surface area (Å²) in [7, 11) is 4.10. The van der Waals surface area contributed by atoms with E-state index in [4.69, 9.17) is 4.98 Å². The lowest BCUT2D eigenvalue weighted by Crippen LogP contribution is -2.08. The van der Waals surface area contributed by atoms with Gasteiger partial charge in [0.1, 0.15) is 10.5 Å². The number of para-hydroxylation sites is 1. The molecule has 3 rings (SSSR count). The minimum absolute atomic E-state index is 1.04. The van der Waals surface area contributed by atoms with Crippen molar-refractivity contribution in [1.82, 2.24) is 4.98 Å². The van der Waals surface area contributed by atoms with Crippen molar-refractivity contribution in [3.63, 3.8) is 0 Å². The first-order chi connectivity index (χ1) is 9.74. The summed E-state index contributed by atoms with van der Waals surface area (Å²) in [6, 6.07) is 16.6. The van der Waals surface area contributed by atoms with Crippen LogP contribution in [0.15, 0.2) is 48.5 Å². The van der Waals surface area contributed by atoms with E-state index in [9.17, 15) is 0 Å². The second-order valence-electron chi connectivity index (χ2n) is 4.81. The van der Waals surface area contributed by atoms with E-state index in [0.717, 1.165) is 16.2 Å². The molecule has 0 atom stereocenters. The number of fused-ring (bicyclic) bond motifs is 1. The Morgan fingerprint density at radius 2 is 1.75 bits per heavy atom. The number of aromatic nitrogens is 1. The molecule has 0 saturated carbocycles. The van der Waals surface area contributed by atoms with E-state index in [1.807, 2.05) is 32.3 Å². The van der Waals surface area contributed by atoms with Gasteiger partial charge in [-0.15, -0.1) is 11.3 Å². The average Bonchev–Trinajstić information content (AvgIpc) is 2.88. The van der Waals surface area contributed by atoms with Crippen LogP contribution in [0.4, 0.5) is 5.69 Å². The maximum atomic E-state index is 4.74. The molecule has 0 N–H and O–H groups in total. The molecule has 20 heavy (non-hydrogen) atoms. The molecule has 0 radical (unpaired) electrons. The predicted octanol–water partition coefficient (Wildman–Crippen LogP) is 4.53. The van der Waals surface area contributed by atoms with Crippen LogP contribution in [0.5, 0.6) is 0 Å². The van der Waals surface area contributed by atoms with Crippen LogP contribution in [-0.2, 0) is 0 Å². The molecular formula is C17H16N2S. The lowest BCUT2D eigenvalue weighted by Gasteiger charge is -2.12. The summed E-state index contributed by atoms with van der Waals surface area (Å²) in [4.78, 5) is 6.84. The molecule has 0 bridgehead atoms. The maximum absolute atomic E-state index is 4.74. The van der Waals surface area contributed by atoms with Gasteiger partial charge < -0.3 is 4.90 Å². The van der Waals surface area contributed by atoms with E-state index in [1.165, 1.54) is 10.3 Å². The van der Waals surface area contributed by atoms with Crippen LogP contribution >= 0.6 is 11.3 Å². The minimum Gasteiger partial charge on any atom is -0.376 e. The summed E-state index contributed by atoms with van der Waals surface area (Å²) in [6.45, 7) is 0. The van der Waals surface area contributed by atoms with Crippen molar-refractivity contribution in [3.8, 4) is 0 Å². The van der Waals surface area contributed by atoms with E-state index in [-0.39, 0.29) is 0 Å². The zero-order chi connectivity index (χ0) is 13.9. The van der Waals surface area contributed by atoms with E-state index >= 15 is 0 Å². The van der Waals surface area contributed by atoms with Crippen LogP contribution in [0.3, 0.4) is 0 Å². The van der Waals surface area contributed by atoms with Gasteiger partial charge in [0, 0.05) is 14.1 Å². The molecule has 2 aromatic carbocycles. The zero-order valence-electron chi connectivity index (χ0n) is 11.6. The number of hydrogen-bond donors (Lipinski definition) is 0. The summed E-state index contributed by atoms with van der Waals surface area (Å²) in [5.74, 6) is 0. The van der Waals surface area contributed by atoms with Crippen molar-refractivity contribution < 1.29 is 0 Å². The minimum atomic E-state index is 1.04. The van der Waals surface area contributed by atoms with Crippen molar-refractivity contribution in [2.45, 2.75) is 0 Å². The SMILES string of the molecule is CN(C)c1cccc2sc(C=Cc3ccccc3)nc12. The smallest absolute Gasteiger partial charge is 0.117 e. The van der Waals surface area contributed by atoms with E-state index in [0.29, 0.717) is 0 Å². The van der Waals surface area contributed by atoms with Crippen LogP contribution in [0.2, 0.25) is 0 Å². The molecule has 2 nitrogen and oxygen atoms in total. The molecule has 0 amide bonds. The molecule has 100 valence electrons. The maximum Gasteiger partial charge on any atom is 0.117 e. The topological polar surface area (TPSA) is 16.1 Å². The number of rotatable bonds is 3. The normalized spacial score (nSPS) is 11.3. The summed E-state index contributed by atoms with van der Waals surface area (Å²) in [5.41, 5.74) is 3.44. The molecule has 1 aromatic heterocycles. The first-order valence-electron chi connectivity index (χ1n) is 6.54. The first-order valence-corrected chi connectivity index (χ1v) is 7.36. The Hall–Kier alpha value is -2.13. The lowest BCUT2D eigenvalue weighted by molar-refractivity contribution is 1.14. The van der Waals surface area contributed by atoms with Crippen molar-refractivity contribution >= 4 is 39.4 Å². The molecule has 0 spiro atoms. The van der Waals surface area contributed by atoms with Crippen molar-refractivity contribution in [1.29, 1.82) is 0 Å². The molecule has 0 aliphatic heterocycles. The molecule has 0 saturated heterocycles. The zero-order valence-corrected chi connectivity index (χ0v) is 12.4. The fraction of sp³-hybridized carbons (Fsp3) is 0.118. The number of benzene rings is 2. The predicted molar refractivity (Wildman–Crippen MR) is 89.3 cm³/mol. The standard InChI is InChI=1S/C17H16N2S/c1-19(2)14-9-6-10-15-17(14)18-16(20-15)12-11-13-7-4-3-5-8-13/h3-12H,1-2H3. The van der Waals surface area contributed by atoms with Gasteiger partial charge in [0.25, 0.3) is 0 Å². The molecular weight excluding hydrogens is 264 g/mol. The van der Waals surface area contributed by atoms with Crippen LogP contribution in [-0.4, -0.2) is 19.1 Å². The number of hydrogen-bond acceptors (Lipinski definition) is 3.